The molecule has 0 fully saturated rings. The second-order valence-electron chi connectivity index (χ2n) is 6.10. The molecule has 0 amide bonds. The number of pyridine rings is 1. The highest BCUT2D eigenvalue weighted by molar-refractivity contribution is 5.43. The fourth-order valence-electron chi connectivity index (χ4n) is 2.83. The zero-order chi connectivity index (χ0) is 18.7. The summed E-state index contributed by atoms with van der Waals surface area (Å²) < 4.78 is 42.1. The van der Waals surface area contributed by atoms with Crippen LogP contribution in [0.5, 0.6) is 0 Å². The van der Waals surface area contributed by atoms with Crippen molar-refractivity contribution >= 4 is 0 Å². The molecule has 26 heavy (non-hydrogen) atoms. The third-order valence-corrected chi connectivity index (χ3v) is 4.00. The zero-order valence-electron chi connectivity index (χ0n) is 14.5. The van der Waals surface area contributed by atoms with E-state index in [9.17, 15) is 13.2 Å². The minimum absolute atomic E-state index is 0.100. The number of hydrogen-bond acceptors (Lipinski definition) is 3. The van der Waals surface area contributed by atoms with Crippen LogP contribution in [0.4, 0.5) is 13.2 Å². The van der Waals surface area contributed by atoms with E-state index in [2.05, 4.69) is 15.4 Å². The molecule has 2 aromatic heterocycles. The van der Waals surface area contributed by atoms with Crippen LogP contribution in [0.3, 0.4) is 0 Å². The number of nitrogens with one attached hydrogen (secondary N) is 1. The molecule has 136 valence electrons. The van der Waals surface area contributed by atoms with Crippen LogP contribution in [0, 0.1) is 13.8 Å². The molecular formula is C19H19F3N4. The van der Waals surface area contributed by atoms with Gasteiger partial charge in [0, 0.05) is 25.0 Å². The molecule has 0 aliphatic heterocycles. The molecule has 2 heterocycles. The van der Waals surface area contributed by atoms with Gasteiger partial charge in [0.05, 0.1) is 22.6 Å². The Balaban J connectivity index is 1.84. The van der Waals surface area contributed by atoms with Crippen LogP contribution in [0.1, 0.15) is 28.2 Å². The topological polar surface area (TPSA) is 42.7 Å². The van der Waals surface area contributed by atoms with Gasteiger partial charge in [-0.1, -0.05) is 12.1 Å². The molecule has 1 N–H and O–H groups in total. The summed E-state index contributed by atoms with van der Waals surface area (Å²) in [5.41, 5.74) is 2.26. The maximum atomic E-state index is 13.5. The summed E-state index contributed by atoms with van der Waals surface area (Å²) in [4.78, 5) is 4.15. The van der Waals surface area contributed by atoms with E-state index in [-0.39, 0.29) is 12.1 Å². The standard InChI is InChI=1S/C19H19F3N4/c1-13-9-14(2)26(25-13)17-7-6-15(18(10-17)19(20,21)22)11-23-12-16-5-3-4-8-24-16/h3-10,23H,11-12H2,1-2H3. The first-order valence-electron chi connectivity index (χ1n) is 8.19. The maximum absolute atomic E-state index is 13.5. The van der Waals surface area contributed by atoms with Gasteiger partial charge in [0.25, 0.3) is 0 Å². The fourth-order valence-corrected chi connectivity index (χ4v) is 2.83. The van der Waals surface area contributed by atoms with Crippen molar-refractivity contribution in [2.24, 2.45) is 0 Å². The molecule has 0 aliphatic carbocycles. The average molecular weight is 360 g/mol. The van der Waals surface area contributed by atoms with Crippen molar-refractivity contribution in [3.8, 4) is 5.69 Å². The van der Waals surface area contributed by atoms with Crippen molar-refractivity contribution in [1.29, 1.82) is 0 Å². The lowest BCUT2D eigenvalue weighted by Crippen LogP contribution is -2.18. The van der Waals surface area contributed by atoms with Gasteiger partial charge in [-0.05, 0) is 49.7 Å². The van der Waals surface area contributed by atoms with Crippen LogP contribution in [-0.2, 0) is 19.3 Å². The van der Waals surface area contributed by atoms with Crippen LogP contribution in [0.15, 0.2) is 48.7 Å². The number of aromatic nitrogens is 3. The summed E-state index contributed by atoms with van der Waals surface area (Å²) in [6, 6.07) is 11.6. The average Bonchev–Trinajstić information content (AvgIpc) is 2.93. The number of hydrogen-bond donors (Lipinski definition) is 1. The zero-order valence-corrected chi connectivity index (χ0v) is 14.5. The summed E-state index contributed by atoms with van der Waals surface area (Å²) in [5, 5.41) is 7.28. The molecule has 0 saturated carbocycles. The fraction of sp³-hybridized carbons (Fsp3) is 0.263. The number of benzene rings is 1. The van der Waals surface area contributed by atoms with Crippen molar-refractivity contribution in [2.75, 3.05) is 0 Å². The van der Waals surface area contributed by atoms with E-state index in [1.807, 2.05) is 32.0 Å². The van der Waals surface area contributed by atoms with E-state index < -0.39 is 11.7 Å². The quantitative estimate of drug-likeness (QED) is 0.742. The third kappa shape index (κ3) is 4.11. The molecule has 0 aliphatic rings. The Kier molecular flexibility index (Phi) is 5.08. The lowest BCUT2D eigenvalue weighted by atomic mass is 10.1. The summed E-state index contributed by atoms with van der Waals surface area (Å²) in [7, 11) is 0. The summed E-state index contributed by atoms with van der Waals surface area (Å²) in [6.07, 6.45) is -2.78. The van der Waals surface area contributed by atoms with Gasteiger partial charge in [-0.3, -0.25) is 4.98 Å². The van der Waals surface area contributed by atoms with Gasteiger partial charge in [-0.15, -0.1) is 0 Å². The first-order valence-corrected chi connectivity index (χ1v) is 8.19. The van der Waals surface area contributed by atoms with Gasteiger partial charge in [-0.2, -0.15) is 18.3 Å². The molecule has 0 atom stereocenters. The molecule has 4 nitrogen and oxygen atoms in total. The second-order valence-corrected chi connectivity index (χ2v) is 6.10. The first-order chi connectivity index (χ1) is 12.3. The predicted octanol–water partition coefficient (Wildman–Crippen LogP) is 4.19. The number of rotatable bonds is 5. The van der Waals surface area contributed by atoms with Crippen LogP contribution >= 0.6 is 0 Å². The van der Waals surface area contributed by atoms with E-state index in [4.69, 9.17) is 0 Å². The summed E-state index contributed by atoms with van der Waals surface area (Å²) in [6.45, 7) is 4.12. The van der Waals surface area contributed by atoms with Crippen LogP contribution in [-0.4, -0.2) is 14.8 Å². The van der Waals surface area contributed by atoms with E-state index in [0.29, 0.717) is 12.2 Å². The highest BCUT2D eigenvalue weighted by Crippen LogP contribution is 2.33. The van der Waals surface area contributed by atoms with Crippen molar-refractivity contribution in [3.05, 3.63) is 76.9 Å². The van der Waals surface area contributed by atoms with E-state index in [1.54, 1.807) is 18.3 Å². The van der Waals surface area contributed by atoms with Crippen LogP contribution < -0.4 is 5.32 Å². The van der Waals surface area contributed by atoms with Crippen molar-refractivity contribution in [2.45, 2.75) is 33.1 Å². The largest absolute Gasteiger partial charge is 0.416 e. The number of halogens is 3. The molecule has 0 saturated heterocycles. The van der Waals surface area contributed by atoms with Gasteiger partial charge in [0.1, 0.15) is 0 Å². The Morgan fingerprint density at radius 2 is 1.85 bits per heavy atom. The van der Waals surface area contributed by atoms with E-state index in [1.165, 1.54) is 10.7 Å². The van der Waals surface area contributed by atoms with Crippen molar-refractivity contribution < 1.29 is 13.2 Å². The lowest BCUT2D eigenvalue weighted by Gasteiger charge is -2.16. The summed E-state index contributed by atoms with van der Waals surface area (Å²) in [5.74, 6) is 0. The Morgan fingerprint density at radius 3 is 2.46 bits per heavy atom. The van der Waals surface area contributed by atoms with Gasteiger partial charge in [-0.25, -0.2) is 4.68 Å². The van der Waals surface area contributed by atoms with Crippen molar-refractivity contribution in [1.82, 2.24) is 20.1 Å². The number of nitrogens with zero attached hydrogens (tertiary/aromatic N) is 3. The smallest absolute Gasteiger partial charge is 0.307 e. The molecule has 3 aromatic rings. The molecule has 3 rings (SSSR count). The Bertz CT molecular complexity index is 886. The van der Waals surface area contributed by atoms with Gasteiger partial charge in [0.15, 0.2) is 0 Å². The molecule has 7 heteroatoms. The normalized spacial score (nSPS) is 11.7. The summed E-state index contributed by atoms with van der Waals surface area (Å²) >= 11 is 0. The Morgan fingerprint density at radius 1 is 1.04 bits per heavy atom. The third-order valence-electron chi connectivity index (χ3n) is 4.00. The van der Waals surface area contributed by atoms with E-state index >= 15 is 0 Å². The highest BCUT2D eigenvalue weighted by atomic mass is 19.4. The monoisotopic (exact) mass is 360 g/mol. The first kappa shape index (κ1) is 18.1. The Labute approximate surface area is 149 Å². The van der Waals surface area contributed by atoms with Crippen LogP contribution in [0.25, 0.3) is 5.69 Å². The van der Waals surface area contributed by atoms with Gasteiger partial charge >= 0.3 is 6.18 Å². The second kappa shape index (κ2) is 7.29. The highest BCUT2D eigenvalue weighted by Gasteiger charge is 2.33. The number of alkyl halides is 3. The maximum Gasteiger partial charge on any atom is 0.416 e. The molecule has 1 aromatic carbocycles. The molecule has 0 radical (unpaired) electrons. The SMILES string of the molecule is Cc1cc(C)n(-c2ccc(CNCc3ccccn3)c(C(F)(F)F)c2)n1. The minimum Gasteiger partial charge on any atom is -0.307 e. The van der Waals surface area contributed by atoms with Crippen LogP contribution in [0.2, 0.25) is 0 Å². The van der Waals surface area contributed by atoms with Gasteiger partial charge in [0.2, 0.25) is 0 Å². The number of aryl methyl sites for hydroxylation is 2. The minimum atomic E-state index is -4.44. The van der Waals surface area contributed by atoms with Gasteiger partial charge < -0.3 is 5.32 Å². The lowest BCUT2D eigenvalue weighted by molar-refractivity contribution is -0.138. The predicted molar refractivity (Wildman–Crippen MR) is 92.8 cm³/mol. The molecular weight excluding hydrogens is 341 g/mol. The Hall–Kier alpha value is -2.67. The molecule has 0 spiro atoms. The molecule has 0 unspecified atom stereocenters. The van der Waals surface area contributed by atoms with Crippen molar-refractivity contribution in [3.63, 3.8) is 0 Å². The van der Waals surface area contributed by atoms with E-state index in [0.717, 1.165) is 23.1 Å². The molecule has 0 bridgehead atoms.